The van der Waals surface area contributed by atoms with Crippen LogP contribution < -0.4 is 15.8 Å². The Morgan fingerprint density at radius 2 is 2.10 bits per heavy atom. The third kappa shape index (κ3) is 3.93. The summed E-state index contributed by atoms with van der Waals surface area (Å²) in [7, 11) is 0. The molecule has 0 aliphatic rings. The van der Waals surface area contributed by atoms with E-state index in [1.54, 1.807) is 6.07 Å². The van der Waals surface area contributed by atoms with E-state index < -0.39 is 4.92 Å². The van der Waals surface area contributed by atoms with Gasteiger partial charge in [0.2, 0.25) is 0 Å². The smallest absolute Gasteiger partial charge is 0.269 e. The molecule has 3 N–H and O–H groups in total. The van der Waals surface area contributed by atoms with Gasteiger partial charge < -0.3 is 15.8 Å². The summed E-state index contributed by atoms with van der Waals surface area (Å²) < 4.78 is 5.46. The summed E-state index contributed by atoms with van der Waals surface area (Å²) in [5.74, 6) is 0.727. The molecule has 2 rings (SSSR count). The van der Waals surface area contributed by atoms with Gasteiger partial charge in [0.1, 0.15) is 12.4 Å². The summed E-state index contributed by atoms with van der Waals surface area (Å²) in [6, 6.07) is 12.2. The van der Waals surface area contributed by atoms with Gasteiger partial charge in [-0.05, 0) is 30.7 Å². The molecule has 0 atom stereocenters. The molecule has 21 heavy (non-hydrogen) atoms. The molecule has 0 spiro atoms. The molecule has 6 nitrogen and oxygen atoms in total. The van der Waals surface area contributed by atoms with Gasteiger partial charge in [0, 0.05) is 36.1 Å². The first-order valence-corrected chi connectivity index (χ1v) is 6.55. The fraction of sp³-hybridized carbons (Fsp3) is 0.200. The molecule has 0 radical (unpaired) electrons. The van der Waals surface area contributed by atoms with E-state index in [9.17, 15) is 10.1 Å². The largest absolute Gasteiger partial charge is 0.492 e. The van der Waals surface area contributed by atoms with Crippen LogP contribution in [-0.2, 0) is 0 Å². The number of rotatable bonds is 6. The van der Waals surface area contributed by atoms with Crippen LogP contribution in [0.4, 0.5) is 17.1 Å². The third-order valence-electron chi connectivity index (χ3n) is 2.92. The SMILES string of the molecule is Cc1cc([N+](=O)[O-])ccc1Nc1cccc(OCCN)c1. The predicted octanol–water partition coefficient (Wildman–Crippen LogP) is 2.98. The van der Waals surface area contributed by atoms with Crippen LogP contribution in [0.15, 0.2) is 42.5 Å². The number of anilines is 2. The lowest BCUT2D eigenvalue weighted by Gasteiger charge is -2.11. The van der Waals surface area contributed by atoms with Gasteiger partial charge in [0.25, 0.3) is 5.69 Å². The number of hydrogen-bond acceptors (Lipinski definition) is 5. The number of nitrogens with one attached hydrogen (secondary N) is 1. The molecule has 0 fully saturated rings. The van der Waals surface area contributed by atoms with Gasteiger partial charge in [-0.1, -0.05) is 6.07 Å². The Balaban J connectivity index is 2.16. The van der Waals surface area contributed by atoms with E-state index in [0.29, 0.717) is 13.2 Å². The molecule has 0 bridgehead atoms. The van der Waals surface area contributed by atoms with Crippen LogP contribution >= 0.6 is 0 Å². The second-order valence-electron chi connectivity index (χ2n) is 4.55. The number of nitrogens with two attached hydrogens (primary N) is 1. The quantitative estimate of drug-likeness (QED) is 0.629. The first-order valence-electron chi connectivity index (χ1n) is 6.55. The Morgan fingerprint density at radius 3 is 2.76 bits per heavy atom. The van der Waals surface area contributed by atoms with E-state index in [0.717, 1.165) is 22.7 Å². The topological polar surface area (TPSA) is 90.4 Å². The number of non-ortho nitro benzene ring substituents is 1. The molecular formula is C15H17N3O3. The van der Waals surface area contributed by atoms with Crippen molar-refractivity contribution in [2.45, 2.75) is 6.92 Å². The molecule has 0 amide bonds. The number of nitro groups is 1. The zero-order valence-electron chi connectivity index (χ0n) is 11.7. The van der Waals surface area contributed by atoms with Crippen LogP contribution in [0.25, 0.3) is 0 Å². The molecule has 0 saturated carbocycles. The zero-order valence-corrected chi connectivity index (χ0v) is 11.7. The molecule has 0 aliphatic heterocycles. The zero-order chi connectivity index (χ0) is 15.2. The Labute approximate surface area is 122 Å². The summed E-state index contributed by atoms with van der Waals surface area (Å²) in [5.41, 5.74) is 7.95. The fourth-order valence-electron chi connectivity index (χ4n) is 1.90. The molecule has 110 valence electrons. The van der Waals surface area contributed by atoms with E-state index in [-0.39, 0.29) is 5.69 Å². The fourth-order valence-corrected chi connectivity index (χ4v) is 1.90. The highest BCUT2D eigenvalue weighted by molar-refractivity contribution is 5.65. The first kappa shape index (κ1) is 14.8. The van der Waals surface area contributed by atoms with Crippen molar-refractivity contribution >= 4 is 17.1 Å². The maximum atomic E-state index is 10.7. The van der Waals surface area contributed by atoms with Crippen LogP contribution in [0, 0.1) is 17.0 Å². The lowest BCUT2D eigenvalue weighted by atomic mass is 10.1. The van der Waals surface area contributed by atoms with E-state index >= 15 is 0 Å². The average molecular weight is 287 g/mol. The van der Waals surface area contributed by atoms with Gasteiger partial charge in [-0.15, -0.1) is 0 Å². The minimum absolute atomic E-state index is 0.0816. The van der Waals surface area contributed by atoms with E-state index in [1.807, 2.05) is 31.2 Å². The van der Waals surface area contributed by atoms with E-state index in [4.69, 9.17) is 10.5 Å². The summed E-state index contributed by atoms with van der Waals surface area (Å²) in [6.45, 7) is 2.74. The molecule has 6 heteroatoms. The van der Waals surface area contributed by atoms with Crippen molar-refractivity contribution in [1.82, 2.24) is 0 Å². The van der Waals surface area contributed by atoms with Crippen molar-refractivity contribution in [2.75, 3.05) is 18.5 Å². The van der Waals surface area contributed by atoms with Crippen LogP contribution in [0.2, 0.25) is 0 Å². The second-order valence-corrected chi connectivity index (χ2v) is 4.55. The second kappa shape index (κ2) is 6.71. The molecule has 0 unspecified atom stereocenters. The van der Waals surface area contributed by atoms with Crippen molar-refractivity contribution in [3.8, 4) is 5.75 Å². The lowest BCUT2D eigenvalue weighted by molar-refractivity contribution is -0.384. The molecule has 2 aromatic carbocycles. The molecular weight excluding hydrogens is 270 g/mol. The summed E-state index contributed by atoms with van der Waals surface area (Å²) in [4.78, 5) is 10.3. The van der Waals surface area contributed by atoms with Crippen LogP contribution in [0.1, 0.15) is 5.56 Å². The van der Waals surface area contributed by atoms with E-state index in [1.165, 1.54) is 12.1 Å². The van der Waals surface area contributed by atoms with Gasteiger partial charge >= 0.3 is 0 Å². The first-order chi connectivity index (χ1) is 10.1. The Hall–Kier alpha value is -2.60. The Bertz CT molecular complexity index is 644. The van der Waals surface area contributed by atoms with Crippen molar-refractivity contribution in [3.05, 3.63) is 58.1 Å². The highest BCUT2D eigenvalue weighted by Crippen LogP contribution is 2.26. The van der Waals surface area contributed by atoms with Crippen molar-refractivity contribution in [2.24, 2.45) is 5.73 Å². The summed E-state index contributed by atoms with van der Waals surface area (Å²) in [6.07, 6.45) is 0. The number of ether oxygens (including phenoxy) is 1. The Kier molecular flexibility index (Phi) is 4.73. The Morgan fingerprint density at radius 1 is 1.29 bits per heavy atom. The van der Waals surface area contributed by atoms with Crippen LogP contribution in [-0.4, -0.2) is 18.1 Å². The number of hydrogen-bond donors (Lipinski definition) is 2. The van der Waals surface area contributed by atoms with E-state index in [2.05, 4.69) is 5.32 Å². The van der Waals surface area contributed by atoms with Gasteiger partial charge in [-0.25, -0.2) is 0 Å². The highest BCUT2D eigenvalue weighted by atomic mass is 16.6. The summed E-state index contributed by atoms with van der Waals surface area (Å²) >= 11 is 0. The number of nitro benzene ring substituents is 1. The maximum Gasteiger partial charge on any atom is 0.269 e. The van der Waals surface area contributed by atoms with Gasteiger partial charge in [-0.2, -0.15) is 0 Å². The maximum absolute atomic E-state index is 10.7. The number of benzene rings is 2. The highest BCUT2D eigenvalue weighted by Gasteiger charge is 2.08. The lowest BCUT2D eigenvalue weighted by Crippen LogP contribution is -2.10. The summed E-state index contributed by atoms with van der Waals surface area (Å²) in [5, 5.41) is 13.9. The van der Waals surface area contributed by atoms with Gasteiger partial charge in [0.05, 0.1) is 4.92 Å². The normalized spacial score (nSPS) is 10.2. The van der Waals surface area contributed by atoms with Crippen LogP contribution in [0.3, 0.4) is 0 Å². The number of aryl methyl sites for hydroxylation is 1. The van der Waals surface area contributed by atoms with Crippen molar-refractivity contribution < 1.29 is 9.66 Å². The molecule has 2 aromatic rings. The average Bonchev–Trinajstić information content (AvgIpc) is 2.47. The monoisotopic (exact) mass is 287 g/mol. The number of nitrogens with zero attached hydrogens (tertiary/aromatic N) is 1. The van der Waals surface area contributed by atoms with Gasteiger partial charge in [-0.3, -0.25) is 10.1 Å². The molecule has 0 saturated heterocycles. The van der Waals surface area contributed by atoms with Crippen molar-refractivity contribution in [3.63, 3.8) is 0 Å². The third-order valence-corrected chi connectivity index (χ3v) is 2.92. The predicted molar refractivity (Wildman–Crippen MR) is 82.1 cm³/mol. The standard InChI is InChI=1S/C15H17N3O3/c1-11-9-13(18(19)20)5-6-15(11)17-12-3-2-4-14(10-12)21-8-7-16/h2-6,9-10,17H,7-8,16H2,1H3. The molecule has 0 aromatic heterocycles. The van der Waals surface area contributed by atoms with Crippen LogP contribution in [0.5, 0.6) is 5.75 Å². The van der Waals surface area contributed by atoms with Crippen molar-refractivity contribution in [1.29, 1.82) is 0 Å². The van der Waals surface area contributed by atoms with Gasteiger partial charge in [0.15, 0.2) is 0 Å². The minimum atomic E-state index is -0.405. The molecule has 0 aliphatic carbocycles. The minimum Gasteiger partial charge on any atom is -0.492 e. The molecule has 0 heterocycles.